The van der Waals surface area contributed by atoms with Crippen LogP contribution in [0.3, 0.4) is 0 Å². The van der Waals surface area contributed by atoms with Gasteiger partial charge in [0, 0.05) is 4.88 Å². The minimum absolute atomic E-state index is 0.0182. The zero-order valence-electron chi connectivity index (χ0n) is 17.0. The zero-order chi connectivity index (χ0) is 21.2. The molecule has 1 heterocycles. The highest BCUT2D eigenvalue weighted by Gasteiger charge is 2.25. The first-order chi connectivity index (χ1) is 13.7. The van der Waals surface area contributed by atoms with Crippen LogP contribution in [0, 0.1) is 11.3 Å². The van der Waals surface area contributed by atoms with Gasteiger partial charge in [0.05, 0.1) is 5.56 Å². The van der Waals surface area contributed by atoms with Crippen LogP contribution >= 0.6 is 11.3 Å². The molecule has 0 spiro atoms. The van der Waals surface area contributed by atoms with E-state index in [9.17, 15) is 14.9 Å². The minimum Gasteiger partial charge on any atom is -0.365 e. The van der Waals surface area contributed by atoms with Gasteiger partial charge in [-0.2, -0.15) is 5.26 Å². The average Bonchev–Trinajstić information content (AvgIpc) is 3.03. The maximum absolute atomic E-state index is 12.7. The van der Waals surface area contributed by atoms with E-state index < -0.39 is 11.8 Å². The van der Waals surface area contributed by atoms with Gasteiger partial charge in [0.2, 0.25) is 0 Å². The van der Waals surface area contributed by atoms with Gasteiger partial charge in [-0.15, -0.1) is 11.3 Å². The van der Waals surface area contributed by atoms with Crippen molar-refractivity contribution in [1.29, 1.82) is 5.26 Å². The van der Waals surface area contributed by atoms with E-state index in [4.69, 9.17) is 5.73 Å². The van der Waals surface area contributed by atoms with E-state index in [-0.39, 0.29) is 11.0 Å². The lowest BCUT2D eigenvalue weighted by atomic mass is 9.86. The topological polar surface area (TPSA) is 96.0 Å². The fraction of sp³-hybridized carbons (Fsp3) is 0.348. The Morgan fingerprint density at radius 1 is 1.17 bits per heavy atom. The van der Waals surface area contributed by atoms with Crippen LogP contribution in [0.4, 0.5) is 5.00 Å². The number of hydrogen-bond donors (Lipinski definition) is 2. The van der Waals surface area contributed by atoms with Crippen molar-refractivity contribution in [2.24, 2.45) is 5.73 Å². The summed E-state index contributed by atoms with van der Waals surface area (Å²) < 4.78 is 0. The van der Waals surface area contributed by atoms with Crippen LogP contribution in [0.15, 0.2) is 29.8 Å². The Kier molecular flexibility index (Phi) is 5.90. The molecule has 1 aliphatic carbocycles. The first-order valence-electron chi connectivity index (χ1n) is 9.68. The van der Waals surface area contributed by atoms with E-state index >= 15 is 0 Å². The fourth-order valence-corrected chi connectivity index (χ4v) is 4.77. The van der Waals surface area contributed by atoms with Crippen molar-refractivity contribution in [2.45, 2.75) is 51.9 Å². The van der Waals surface area contributed by atoms with Gasteiger partial charge in [-0.1, -0.05) is 45.0 Å². The van der Waals surface area contributed by atoms with Crippen molar-refractivity contribution in [3.8, 4) is 6.07 Å². The number of rotatable bonds is 4. The Balaban J connectivity index is 1.86. The molecule has 3 N–H and O–H groups in total. The van der Waals surface area contributed by atoms with Gasteiger partial charge >= 0.3 is 0 Å². The molecule has 6 heteroatoms. The van der Waals surface area contributed by atoms with Gasteiger partial charge in [0.1, 0.15) is 16.6 Å². The summed E-state index contributed by atoms with van der Waals surface area (Å²) in [6.07, 6.45) is 5.30. The van der Waals surface area contributed by atoms with Crippen LogP contribution in [0.2, 0.25) is 0 Å². The van der Waals surface area contributed by atoms with Crippen molar-refractivity contribution < 1.29 is 9.59 Å². The number of nitrogens with two attached hydrogens (primary N) is 1. The number of thiophene rings is 1. The summed E-state index contributed by atoms with van der Waals surface area (Å²) in [7, 11) is 0. The third kappa shape index (κ3) is 4.57. The minimum atomic E-state index is -0.542. The lowest BCUT2D eigenvalue weighted by Crippen LogP contribution is -2.19. The molecular formula is C23H25N3O2S. The molecule has 0 atom stereocenters. The third-order valence-corrected chi connectivity index (χ3v) is 6.30. The number of nitrogens with zero attached hydrogens (tertiary/aromatic N) is 1. The van der Waals surface area contributed by atoms with Gasteiger partial charge in [0.15, 0.2) is 0 Å². The second kappa shape index (κ2) is 8.22. The van der Waals surface area contributed by atoms with Gasteiger partial charge in [-0.05, 0) is 53.9 Å². The number of carbonyl (C=O) groups is 2. The predicted octanol–water partition coefficient (Wildman–Crippen LogP) is 4.57. The van der Waals surface area contributed by atoms with Crippen molar-refractivity contribution in [1.82, 2.24) is 0 Å². The molecule has 29 heavy (non-hydrogen) atoms. The lowest BCUT2D eigenvalue weighted by Gasteiger charge is -2.18. The smallest absolute Gasteiger partial charge is 0.266 e. The van der Waals surface area contributed by atoms with Crippen molar-refractivity contribution >= 4 is 34.2 Å². The molecule has 0 aliphatic heterocycles. The number of nitriles is 1. The number of primary amides is 1. The van der Waals surface area contributed by atoms with Crippen molar-refractivity contribution in [3.63, 3.8) is 0 Å². The standard InChI is InChI=1S/C23H25N3O2S/c1-23(2,3)16-10-8-14(9-11-16)12-15(13-24)21(28)26-22-19(20(25)27)17-6-4-5-7-18(17)29-22/h8-12H,4-7H2,1-3H3,(H2,25,27)(H,26,28)/b15-12+. The number of nitrogens with one attached hydrogen (secondary N) is 1. The van der Waals surface area contributed by atoms with E-state index in [2.05, 4.69) is 26.1 Å². The normalized spacial score (nSPS) is 14.1. The molecule has 2 amide bonds. The fourth-order valence-electron chi connectivity index (χ4n) is 3.48. The number of fused-ring (bicyclic) bond motifs is 1. The molecule has 1 aromatic heterocycles. The Hall–Kier alpha value is -2.91. The van der Waals surface area contributed by atoms with Crippen molar-refractivity contribution in [2.75, 3.05) is 5.32 Å². The summed E-state index contributed by atoms with van der Waals surface area (Å²) in [6.45, 7) is 6.38. The van der Waals surface area contributed by atoms with Crippen LogP contribution in [0.5, 0.6) is 0 Å². The monoisotopic (exact) mass is 407 g/mol. The highest BCUT2D eigenvalue weighted by atomic mass is 32.1. The van der Waals surface area contributed by atoms with Gasteiger partial charge in [-0.25, -0.2) is 0 Å². The average molecular weight is 408 g/mol. The SMILES string of the molecule is CC(C)(C)c1ccc(/C=C(\C#N)C(=O)Nc2sc3c(c2C(N)=O)CCCC3)cc1. The van der Waals surface area contributed by atoms with E-state index in [1.165, 1.54) is 16.9 Å². The van der Waals surface area contributed by atoms with Gasteiger partial charge < -0.3 is 11.1 Å². The maximum atomic E-state index is 12.7. The summed E-state index contributed by atoms with van der Waals surface area (Å²) in [5.74, 6) is -1.08. The second-order valence-electron chi connectivity index (χ2n) is 8.28. The molecule has 5 nitrogen and oxygen atoms in total. The highest BCUT2D eigenvalue weighted by molar-refractivity contribution is 7.17. The lowest BCUT2D eigenvalue weighted by molar-refractivity contribution is -0.112. The van der Waals surface area contributed by atoms with Gasteiger partial charge in [0.25, 0.3) is 11.8 Å². The molecule has 0 saturated carbocycles. The summed E-state index contributed by atoms with van der Waals surface area (Å²) in [5, 5.41) is 12.7. The highest BCUT2D eigenvalue weighted by Crippen LogP contribution is 2.38. The number of hydrogen-bond acceptors (Lipinski definition) is 4. The quantitative estimate of drug-likeness (QED) is 0.574. The second-order valence-corrected chi connectivity index (χ2v) is 9.38. The van der Waals surface area contributed by atoms with Crippen LogP contribution in [-0.4, -0.2) is 11.8 Å². The molecule has 1 aromatic carbocycles. The largest absolute Gasteiger partial charge is 0.365 e. The van der Waals surface area contributed by atoms with Crippen LogP contribution in [0.1, 0.15) is 65.5 Å². The van der Waals surface area contributed by atoms with E-state index in [1.54, 1.807) is 6.08 Å². The molecule has 1 aliphatic rings. The van der Waals surface area contributed by atoms with Crippen LogP contribution in [0.25, 0.3) is 6.08 Å². The third-order valence-electron chi connectivity index (χ3n) is 5.10. The zero-order valence-corrected chi connectivity index (χ0v) is 17.8. The number of anilines is 1. The molecule has 0 bridgehead atoms. The number of benzene rings is 1. The van der Waals surface area contributed by atoms with Gasteiger partial charge in [-0.3, -0.25) is 9.59 Å². The molecular weight excluding hydrogens is 382 g/mol. The number of amides is 2. The molecule has 0 unspecified atom stereocenters. The summed E-state index contributed by atoms with van der Waals surface area (Å²) >= 11 is 1.39. The van der Waals surface area contributed by atoms with E-state index in [0.29, 0.717) is 10.6 Å². The Morgan fingerprint density at radius 2 is 1.83 bits per heavy atom. The number of carbonyl (C=O) groups excluding carboxylic acids is 2. The maximum Gasteiger partial charge on any atom is 0.266 e. The Morgan fingerprint density at radius 3 is 2.41 bits per heavy atom. The number of aryl methyl sites for hydroxylation is 1. The van der Waals surface area contributed by atoms with Crippen molar-refractivity contribution in [3.05, 3.63) is 57.0 Å². The first-order valence-corrected chi connectivity index (χ1v) is 10.5. The molecule has 0 saturated heterocycles. The summed E-state index contributed by atoms with van der Waals surface area (Å²) in [6, 6.07) is 9.74. The van der Waals surface area contributed by atoms with E-state index in [0.717, 1.165) is 41.7 Å². The summed E-state index contributed by atoms with van der Waals surface area (Å²) in [4.78, 5) is 25.8. The Labute approximate surface area is 175 Å². The molecule has 3 rings (SSSR count). The molecule has 150 valence electrons. The van der Waals surface area contributed by atoms with E-state index in [1.807, 2.05) is 30.3 Å². The Bertz CT molecular complexity index is 1020. The van der Waals surface area contributed by atoms with Crippen LogP contribution < -0.4 is 11.1 Å². The molecule has 2 aromatic rings. The summed E-state index contributed by atoms with van der Waals surface area (Å²) in [5.41, 5.74) is 8.87. The van der Waals surface area contributed by atoms with Crippen LogP contribution in [-0.2, 0) is 23.1 Å². The first kappa shape index (κ1) is 20.8. The predicted molar refractivity (Wildman–Crippen MR) is 117 cm³/mol. The molecule has 0 fully saturated rings. The molecule has 0 radical (unpaired) electrons.